The van der Waals surface area contributed by atoms with E-state index >= 15 is 0 Å². The highest BCUT2D eigenvalue weighted by Gasteiger charge is 2.16. The zero-order valence-corrected chi connectivity index (χ0v) is 17.0. The molecule has 8 nitrogen and oxygen atoms in total. The number of aromatic nitrogens is 1. The fourth-order valence-electron chi connectivity index (χ4n) is 3.06. The van der Waals surface area contributed by atoms with Crippen LogP contribution in [0, 0.1) is 24.0 Å². The Morgan fingerprint density at radius 1 is 1.24 bits per heavy atom. The second kappa shape index (κ2) is 8.36. The number of hydrogen-bond acceptors (Lipinski definition) is 6. The number of ether oxygens (including phenoxy) is 1. The number of carbonyl (C=O) groups excluding carboxylic acids is 2. The lowest BCUT2D eigenvalue weighted by Gasteiger charge is -2.07. The van der Waals surface area contributed by atoms with Crippen molar-refractivity contribution in [2.75, 3.05) is 6.61 Å². The summed E-state index contributed by atoms with van der Waals surface area (Å²) in [7, 11) is 0. The smallest absolute Gasteiger partial charge is 0.326 e. The van der Waals surface area contributed by atoms with Gasteiger partial charge < -0.3 is 9.30 Å². The fraction of sp³-hybridized carbons (Fsp3) is 0.250. The highest BCUT2D eigenvalue weighted by molar-refractivity contribution is 7.16. The van der Waals surface area contributed by atoms with Crippen LogP contribution in [0.4, 0.5) is 5.69 Å². The van der Waals surface area contributed by atoms with Gasteiger partial charge in [0.25, 0.3) is 11.6 Å². The number of nitrogens with zero attached hydrogens (tertiary/aromatic N) is 3. The highest BCUT2D eigenvalue weighted by atomic mass is 32.1. The normalized spacial score (nSPS) is 11.6. The van der Waals surface area contributed by atoms with Gasteiger partial charge in [-0.05, 0) is 44.0 Å². The van der Waals surface area contributed by atoms with Gasteiger partial charge in [0.2, 0.25) is 0 Å². The Bertz CT molecular complexity index is 1190. The van der Waals surface area contributed by atoms with Crippen molar-refractivity contribution in [3.05, 3.63) is 68.0 Å². The van der Waals surface area contributed by atoms with E-state index in [1.54, 1.807) is 11.5 Å². The molecule has 0 N–H and O–H groups in total. The Morgan fingerprint density at radius 3 is 2.69 bits per heavy atom. The van der Waals surface area contributed by atoms with Crippen molar-refractivity contribution < 1.29 is 19.2 Å². The first kappa shape index (κ1) is 20.4. The molecule has 0 spiro atoms. The molecule has 3 aromatic rings. The van der Waals surface area contributed by atoms with Crippen molar-refractivity contribution >= 4 is 39.1 Å². The topological polar surface area (TPSA) is 104 Å². The Hall–Kier alpha value is -3.33. The summed E-state index contributed by atoms with van der Waals surface area (Å²) in [6.07, 6.45) is 0. The molecule has 0 atom stereocenters. The molecule has 9 heteroatoms. The zero-order chi connectivity index (χ0) is 21.1. The van der Waals surface area contributed by atoms with Gasteiger partial charge in [-0.25, -0.2) is 0 Å². The lowest BCUT2D eigenvalue weighted by molar-refractivity contribution is -0.384. The van der Waals surface area contributed by atoms with E-state index in [-0.39, 0.29) is 24.4 Å². The van der Waals surface area contributed by atoms with Crippen LogP contribution in [0.1, 0.15) is 28.4 Å². The van der Waals surface area contributed by atoms with Crippen LogP contribution in [0.25, 0.3) is 10.2 Å². The first-order valence-electron chi connectivity index (χ1n) is 8.90. The van der Waals surface area contributed by atoms with Gasteiger partial charge in [-0.15, -0.1) is 0 Å². The largest absolute Gasteiger partial charge is 0.465 e. The Balaban J connectivity index is 2.15. The molecule has 0 aliphatic rings. The molecule has 1 heterocycles. The molecule has 1 amide bonds. The first-order chi connectivity index (χ1) is 13.8. The molecule has 0 saturated heterocycles. The summed E-state index contributed by atoms with van der Waals surface area (Å²) in [5.41, 5.74) is 2.72. The third kappa shape index (κ3) is 4.40. The fourth-order valence-corrected chi connectivity index (χ4v) is 4.27. The number of nitro groups is 1. The van der Waals surface area contributed by atoms with E-state index in [0.717, 1.165) is 21.3 Å². The minimum absolute atomic E-state index is 0.0845. The van der Waals surface area contributed by atoms with Gasteiger partial charge in [0.1, 0.15) is 6.54 Å². The van der Waals surface area contributed by atoms with E-state index < -0.39 is 16.8 Å². The highest BCUT2D eigenvalue weighted by Crippen LogP contribution is 2.23. The van der Waals surface area contributed by atoms with E-state index in [4.69, 9.17) is 4.74 Å². The Morgan fingerprint density at radius 2 is 2.00 bits per heavy atom. The standard InChI is InChI=1S/C20H19N3O5S/c1-4-28-17(24)11-22-18-13(3)8-12(2)9-16(18)29-20(22)21-19(25)14-6-5-7-15(10-14)23(26)27/h5-10H,4,11H2,1-3H3. The van der Waals surface area contributed by atoms with Crippen LogP contribution in [-0.2, 0) is 16.1 Å². The van der Waals surface area contributed by atoms with Crippen LogP contribution in [0.3, 0.4) is 0 Å². The van der Waals surface area contributed by atoms with E-state index in [1.807, 2.05) is 26.0 Å². The van der Waals surface area contributed by atoms with Gasteiger partial charge in [-0.1, -0.05) is 23.5 Å². The molecule has 150 valence electrons. The molecule has 0 aliphatic heterocycles. The molecular weight excluding hydrogens is 394 g/mol. The number of nitro benzene ring substituents is 1. The molecule has 0 radical (unpaired) electrons. The van der Waals surface area contributed by atoms with Crippen molar-refractivity contribution in [2.24, 2.45) is 4.99 Å². The number of aryl methyl sites for hydroxylation is 2. The number of rotatable bonds is 5. The van der Waals surface area contributed by atoms with E-state index in [9.17, 15) is 19.7 Å². The molecule has 1 aromatic heterocycles. The average molecular weight is 413 g/mol. The van der Waals surface area contributed by atoms with Crippen LogP contribution >= 0.6 is 11.3 Å². The summed E-state index contributed by atoms with van der Waals surface area (Å²) >= 11 is 1.28. The molecule has 0 saturated carbocycles. The summed E-state index contributed by atoms with van der Waals surface area (Å²) in [5, 5.41) is 11.0. The third-order valence-corrected chi connectivity index (χ3v) is 5.23. The molecule has 3 rings (SSSR count). The Labute approximate surface area is 170 Å². The van der Waals surface area contributed by atoms with Gasteiger partial charge in [0.15, 0.2) is 4.80 Å². The molecule has 2 aromatic carbocycles. The molecule has 29 heavy (non-hydrogen) atoms. The number of non-ortho nitro benzene ring substituents is 1. The second-order valence-electron chi connectivity index (χ2n) is 6.43. The lowest BCUT2D eigenvalue weighted by Crippen LogP contribution is -2.23. The van der Waals surface area contributed by atoms with Crippen LogP contribution in [-0.4, -0.2) is 28.0 Å². The summed E-state index contributed by atoms with van der Waals surface area (Å²) in [6, 6.07) is 9.35. The number of thiazole rings is 1. The molecule has 0 bridgehead atoms. The maximum atomic E-state index is 12.7. The molecular formula is C20H19N3O5S. The van der Waals surface area contributed by atoms with E-state index in [2.05, 4.69) is 4.99 Å². The van der Waals surface area contributed by atoms with Gasteiger partial charge in [0, 0.05) is 17.7 Å². The summed E-state index contributed by atoms with van der Waals surface area (Å²) in [6.45, 7) is 5.78. The van der Waals surface area contributed by atoms with Gasteiger partial charge >= 0.3 is 5.97 Å². The quantitative estimate of drug-likeness (QED) is 0.362. The number of amides is 1. The van der Waals surface area contributed by atoms with Crippen LogP contribution in [0.15, 0.2) is 41.4 Å². The van der Waals surface area contributed by atoms with Crippen molar-refractivity contribution in [1.82, 2.24) is 4.57 Å². The predicted octanol–water partition coefficient (Wildman–Crippen LogP) is 3.53. The van der Waals surface area contributed by atoms with Crippen LogP contribution in [0.2, 0.25) is 0 Å². The summed E-state index contributed by atoms with van der Waals surface area (Å²) in [5.74, 6) is -1.05. The lowest BCUT2D eigenvalue weighted by atomic mass is 10.1. The number of benzene rings is 2. The monoisotopic (exact) mass is 413 g/mol. The summed E-state index contributed by atoms with van der Waals surface area (Å²) < 4.78 is 7.60. The number of carbonyl (C=O) groups is 2. The first-order valence-corrected chi connectivity index (χ1v) is 9.71. The maximum absolute atomic E-state index is 12.7. The van der Waals surface area contributed by atoms with E-state index in [0.29, 0.717) is 4.80 Å². The summed E-state index contributed by atoms with van der Waals surface area (Å²) in [4.78, 5) is 39.7. The second-order valence-corrected chi connectivity index (χ2v) is 7.44. The maximum Gasteiger partial charge on any atom is 0.326 e. The minimum Gasteiger partial charge on any atom is -0.465 e. The Kier molecular flexibility index (Phi) is 5.88. The minimum atomic E-state index is -0.618. The molecule has 0 aliphatic carbocycles. The van der Waals surface area contributed by atoms with Crippen molar-refractivity contribution in [2.45, 2.75) is 27.3 Å². The number of hydrogen-bond donors (Lipinski definition) is 0. The van der Waals surface area contributed by atoms with E-state index in [1.165, 1.54) is 35.6 Å². The predicted molar refractivity (Wildman–Crippen MR) is 109 cm³/mol. The van der Waals surface area contributed by atoms with Crippen molar-refractivity contribution in [3.63, 3.8) is 0 Å². The number of esters is 1. The van der Waals surface area contributed by atoms with Gasteiger partial charge in [0.05, 0.1) is 21.7 Å². The SMILES string of the molecule is CCOC(=O)Cn1c(=NC(=O)c2cccc([N+](=O)[O-])c2)sc2cc(C)cc(C)c21. The van der Waals surface area contributed by atoms with Crippen molar-refractivity contribution in [3.8, 4) is 0 Å². The van der Waals surface area contributed by atoms with Crippen molar-refractivity contribution in [1.29, 1.82) is 0 Å². The molecule has 0 unspecified atom stereocenters. The third-order valence-electron chi connectivity index (χ3n) is 4.21. The zero-order valence-electron chi connectivity index (χ0n) is 16.2. The average Bonchev–Trinajstić information content (AvgIpc) is 2.98. The molecule has 0 fully saturated rings. The van der Waals surface area contributed by atoms with Crippen LogP contribution in [0.5, 0.6) is 0 Å². The van der Waals surface area contributed by atoms with Gasteiger partial charge in [-0.2, -0.15) is 4.99 Å². The van der Waals surface area contributed by atoms with Crippen LogP contribution < -0.4 is 4.80 Å². The number of fused-ring (bicyclic) bond motifs is 1. The van der Waals surface area contributed by atoms with Gasteiger partial charge in [-0.3, -0.25) is 19.7 Å².